The van der Waals surface area contributed by atoms with Crippen molar-refractivity contribution in [2.45, 2.75) is 6.54 Å². The molecule has 3 amide bonds. The predicted molar refractivity (Wildman–Crippen MR) is 131 cm³/mol. The third-order valence-corrected chi connectivity index (χ3v) is 5.07. The Morgan fingerprint density at radius 1 is 1.03 bits per heavy atom. The normalized spacial score (nSPS) is 10.5. The van der Waals surface area contributed by atoms with Gasteiger partial charge in [0.1, 0.15) is 0 Å². The van der Waals surface area contributed by atoms with Crippen LogP contribution >= 0.6 is 0 Å². The molecule has 9 nitrogen and oxygen atoms in total. The zero-order chi connectivity index (χ0) is 24.6. The minimum Gasteiger partial charge on any atom is -0.452 e. The highest BCUT2D eigenvalue weighted by atomic mass is 16.5. The second kappa shape index (κ2) is 10.9. The van der Waals surface area contributed by atoms with Crippen LogP contribution in [-0.2, 0) is 16.1 Å². The summed E-state index contributed by atoms with van der Waals surface area (Å²) in [6, 6.07) is 20.1. The van der Waals surface area contributed by atoms with Crippen molar-refractivity contribution in [1.82, 2.24) is 25.4 Å². The Balaban J connectivity index is 1.62. The molecule has 0 aliphatic carbocycles. The molecule has 0 saturated carbocycles. The molecule has 2 heterocycles. The van der Waals surface area contributed by atoms with Crippen LogP contribution in [0.4, 0.5) is 4.79 Å². The molecule has 0 spiro atoms. The number of fused-ring (bicyclic) bond motifs is 1. The molecular weight excluding hydrogens is 446 g/mol. The van der Waals surface area contributed by atoms with E-state index in [-0.39, 0.29) is 12.1 Å². The summed E-state index contributed by atoms with van der Waals surface area (Å²) >= 11 is 0. The second-order valence-electron chi connectivity index (χ2n) is 7.57. The van der Waals surface area contributed by atoms with E-state index < -0.39 is 24.5 Å². The molecule has 35 heavy (non-hydrogen) atoms. The van der Waals surface area contributed by atoms with Crippen LogP contribution < -0.4 is 10.6 Å². The summed E-state index contributed by atoms with van der Waals surface area (Å²) in [5, 5.41) is 9.42. The lowest BCUT2D eigenvalue weighted by molar-refractivity contribution is -0.123. The molecule has 0 radical (unpaired) electrons. The quantitative estimate of drug-likeness (QED) is 0.302. The fourth-order valence-corrected chi connectivity index (χ4v) is 3.43. The van der Waals surface area contributed by atoms with Gasteiger partial charge in [0.05, 0.1) is 29.4 Å². The first-order valence-corrected chi connectivity index (χ1v) is 10.9. The van der Waals surface area contributed by atoms with Crippen molar-refractivity contribution >= 4 is 28.9 Å². The standard InChI is InChI=1S/C26H23N5O4/c1-2-13-27-26(34)30-23(32)17-35-25(33)20-14-22(19-11-7-4-8-12-19)29-24-21(20)15-28-31(24)16-18-9-5-3-6-10-18/h2-12,14-15H,1,13,16-17H2,(H2,27,30,32,34). The van der Waals surface area contributed by atoms with Gasteiger partial charge in [0.25, 0.3) is 5.91 Å². The maximum atomic E-state index is 13.0. The van der Waals surface area contributed by atoms with Gasteiger partial charge in [-0.15, -0.1) is 6.58 Å². The number of rotatable bonds is 8. The molecular formula is C26H23N5O4. The van der Waals surface area contributed by atoms with Gasteiger partial charge in [-0.05, 0) is 11.6 Å². The zero-order valence-corrected chi connectivity index (χ0v) is 18.8. The van der Waals surface area contributed by atoms with Gasteiger partial charge in [0, 0.05) is 12.1 Å². The third kappa shape index (κ3) is 5.77. The molecule has 0 aliphatic heterocycles. The van der Waals surface area contributed by atoms with E-state index in [1.807, 2.05) is 60.7 Å². The van der Waals surface area contributed by atoms with Gasteiger partial charge in [-0.2, -0.15) is 5.10 Å². The number of benzene rings is 2. The number of aromatic nitrogens is 3. The summed E-state index contributed by atoms with van der Waals surface area (Å²) in [6.45, 7) is 3.52. The van der Waals surface area contributed by atoms with Crippen LogP contribution in [0, 0.1) is 0 Å². The van der Waals surface area contributed by atoms with Crippen molar-refractivity contribution in [2.24, 2.45) is 0 Å². The molecule has 4 rings (SSSR count). The number of carbonyl (C=O) groups excluding carboxylic acids is 3. The maximum Gasteiger partial charge on any atom is 0.339 e. The van der Waals surface area contributed by atoms with Crippen molar-refractivity contribution in [3.05, 3.63) is 96.7 Å². The first kappa shape index (κ1) is 23.4. The zero-order valence-electron chi connectivity index (χ0n) is 18.8. The molecule has 0 saturated heterocycles. The third-order valence-electron chi connectivity index (χ3n) is 5.07. The van der Waals surface area contributed by atoms with Crippen LogP contribution in [0.5, 0.6) is 0 Å². The van der Waals surface area contributed by atoms with Crippen LogP contribution in [-0.4, -0.2) is 45.8 Å². The monoisotopic (exact) mass is 469 g/mol. The van der Waals surface area contributed by atoms with Gasteiger partial charge in [0.15, 0.2) is 12.3 Å². The highest BCUT2D eigenvalue weighted by molar-refractivity contribution is 6.04. The molecule has 0 unspecified atom stereocenters. The number of esters is 1. The minimum absolute atomic E-state index is 0.198. The van der Waals surface area contributed by atoms with E-state index in [1.54, 1.807) is 16.9 Å². The summed E-state index contributed by atoms with van der Waals surface area (Å²) in [4.78, 5) is 41.4. The lowest BCUT2D eigenvalue weighted by Gasteiger charge is -2.10. The van der Waals surface area contributed by atoms with Gasteiger partial charge in [0.2, 0.25) is 0 Å². The Bertz CT molecular complexity index is 1370. The van der Waals surface area contributed by atoms with E-state index in [4.69, 9.17) is 9.72 Å². The lowest BCUT2D eigenvalue weighted by Crippen LogP contribution is -2.41. The van der Waals surface area contributed by atoms with E-state index in [1.165, 1.54) is 6.08 Å². The van der Waals surface area contributed by atoms with Gasteiger partial charge in [-0.3, -0.25) is 10.1 Å². The van der Waals surface area contributed by atoms with E-state index in [0.717, 1.165) is 11.1 Å². The molecule has 2 N–H and O–H groups in total. The fourth-order valence-electron chi connectivity index (χ4n) is 3.43. The van der Waals surface area contributed by atoms with Crippen molar-refractivity contribution in [2.75, 3.05) is 13.2 Å². The van der Waals surface area contributed by atoms with E-state index in [2.05, 4.69) is 22.3 Å². The number of urea groups is 1. The summed E-state index contributed by atoms with van der Waals surface area (Å²) in [7, 11) is 0. The highest BCUT2D eigenvalue weighted by Gasteiger charge is 2.20. The number of hydrogen-bond donors (Lipinski definition) is 2. The molecule has 4 aromatic rings. The van der Waals surface area contributed by atoms with E-state index in [0.29, 0.717) is 23.3 Å². The average Bonchev–Trinajstić information content (AvgIpc) is 3.29. The average molecular weight is 470 g/mol. The number of nitrogens with one attached hydrogen (secondary N) is 2. The van der Waals surface area contributed by atoms with Gasteiger partial charge < -0.3 is 10.1 Å². The SMILES string of the molecule is C=CCNC(=O)NC(=O)COC(=O)c1cc(-c2ccccc2)nc2c1cnn2Cc1ccccc1. The van der Waals surface area contributed by atoms with Crippen LogP contribution in [0.1, 0.15) is 15.9 Å². The number of imide groups is 1. The Hall–Kier alpha value is -4.79. The number of amides is 3. The number of nitrogens with zero attached hydrogens (tertiary/aromatic N) is 3. The van der Waals surface area contributed by atoms with Crippen LogP contribution in [0.3, 0.4) is 0 Å². The maximum absolute atomic E-state index is 13.0. The smallest absolute Gasteiger partial charge is 0.339 e. The van der Waals surface area contributed by atoms with Crippen molar-refractivity contribution < 1.29 is 19.1 Å². The van der Waals surface area contributed by atoms with Crippen molar-refractivity contribution in [1.29, 1.82) is 0 Å². The molecule has 0 aliphatic rings. The Morgan fingerprint density at radius 3 is 2.46 bits per heavy atom. The predicted octanol–water partition coefficient (Wildman–Crippen LogP) is 3.32. The fraction of sp³-hybridized carbons (Fsp3) is 0.115. The molecule has 176 valence electrons. The number of hydrogen-bond acceptors (Lipinski definition) is 6. The lowest BCUT2D eigenvalue weighted by atomic mass is 10.1. The van der Waals surface area contributed by atoms with Crippen molar-refractivity contribution in [3.63, 3.8) is 0 Å². The highest BCUT2D eigenvalue weighted by Crippen LogP contribution is 2.26. The molecule has 0 bridgehead atoms. The second-order valence-corrected chi connectivity index (χ2v) is 7.57. The number of carbonyl (C=O) groups is 3. The number of pyridine rings is 1. The van der Waals surface area contributed by atoms with Gasteiger partial charge >= 0.3 is 12.0 Å². The summed E-state index contributed by atoms with van der Waals surface area (Å²) in [5.74, 6) is -1.48. The van der Waals surface area contributed by atoms with Gasteiger partial charge in [-0.25, -0.2) is 19.3 Å². The molecule has 0 atom stereocenters. The Morgan fingerprint density at radius 2 is 1.74 bits per heavy atom. The van der Waals surface area contributed by atoms with Gasteiger partial charge in [-0.1, -0.05) is 66.7 Å². The Kier molecular flexibility index (Phi) is 7.27. The first-order valence-electron chi connectivity index (χ1n) is 10.9. The summed E-state index contributed by atoms with van der Waals surface area (Å²) < 4.78 is 6.92. The molecule has 2 aromatic heterocycles. The first-order chi connectivity index (χ1) is 17.0. The van der Waals surface area contributed by atoms with E-state index >= 15 is 0 Å². The van der Waals surface area contributed by atoms with E-state index in [9.17, 15) is 14.4 Å². The van der Waals surface area contributed by atoms with Crippen molar-refractivity contribution in [3.8, 4) is 11.3 Å². The molecule has 9 heteroatoms. The largest absolute Gasteiger partial charge is 0.452 e. The van der Waals surface area contributed by atoms with Crippen LogP contribution in [0.2, 0.25) is 0 Å². The molecule has 0 fully saturated rings. The van der Waals surface area contributed by atoms with Crippen LogP contribution in [0.25, 0.3) is 22.3 Å². The van der Waals surface area contributed by atoms with Crippen LogP contribution in [0.15, 0.2) is 85.6 Å². The summed E-state index contributed by atoms with van der Waals surface area (Å²) in [5.41, 5.74) is 3.13. The topological polar surface area (TPSA) is 115 Å². The molecule has 2 aromatic carbocycles. The number of ether oxygens (including phenoxy) is 1. The summed E-state index contributed by atoms with van der Waals surface area (Å²) in [6.07, 6.45) is 3.03. The Labute approximate surface area is 201 Å². The minimum atomic E-state index is -0.756.